The summed E-state index contributed by atoms with van der Waals surface area (Å²) in [6.07, 6.45) is 2.42. The first-order valence-corrected chi connectivity index (χ1v) is 17.0. The molecule has 2 atom stereocenters. The van der Waals surface area contributed by atoms with Gasteiger partial charge in [-0.2, -0.15) is 0 Å². The van der Waals surface area contributed by atoms with Gasteiger partial charge in [0.15, 0.2) is 11.5 Å². The minimum atomic E-state index is -3.67. The third-order valence-electron chi connectivity index (χ3n) is 7.54. The molecule has 0 aromatic heterocycles. The van der Waals surface area contributed by atoms with Crippen LogP contribution in [0.15, 0.2) is 72.8 Å². The normalized spacial score (nSPS) is 13.9. The van der Waals surface area contributed by atoms with E-state index in [1.54, 1.807) is 29.2 Å². The molecule has 236 valence electrons. The first kappa shape index (κ1) is 33.1. The van der Waals surface area contributed by atoms with Crippen LogP contribution in [0.4, 0.5) is 5.69 Å². The number of carbonyl (C=O) groups is 2. The molecule has 3 aromatic carbocycles. The average molecular weight is 642 g/mol. The zero-order chi connectivity index (χ0) is 31.7. The van der Waals surface area contributed by atoms with Gasteiger partial charge in [-0.3, -0.25) is 13.9 Å². The number of carbonyl (C=O) groups excluding carboxylic acids is 2. The Hall–Kier alpha value is -3.76. The lowest BCUT2D eigenvalue weighted by atomic mass is 10.0. The van der Waals surface area contributed by atoms with Crippen LogP contribution in [0.1, 0.15) is 44.2 Å². The number of rotatable bonds is 14. The van der Waals surface area contributed by atoms with E-state index < -0.39 is 16.1 Å². The fourth-order valence-electron chi connectivity index (χ4n) is 5.00. The Morgan fingerprint density at radius 3 is 2.34 bits per heavy atom. The largest absolute Gasteiger partial charge is 0.486 e. The predicted molar refractivity (Wildman–Crippen MR) is 173 cm³/mol. The molecule has 1 N–H and O–H groups in total. The summed E-state index contributed by atoms with van der Waals surface area (Å²) in [5.41, 5.74) is 2.05. The molecule has 0 fully saturated rings. The van der Waals surface area contributed by atoms with Gasteiger partial charge >= 0.3 is 0 Å². The molecule has 0 spiro atoms. The Bertz CT molecular complexity index is 1540. The molecular weight excluding hydrogens is 602 g/mol. The molecule has 1 aliphatic heterocycles. The Morgan fingerprint density at radius 2 is 1.66 bits per heavy atom. The Labute approximate surface area is 265 Å². The number of benzene rings is 3. The van der Waals surface area contributed by atoms with Gasteiger partial charge in [-0.05, 0) is 49.1 Å². The van der Waals surface area contributed by atoms with E-state index in [4.69, 9.17) is 21.1 Å². The molecule has 2 unspecified atom stereocenters. The van der Waals surface area contributed by atoms with Crippen LogP contribution in [0.3, 0.4) is 0 Å². The molecule has 0 saturated heterocycles. The van der Waals surface area contributed by atoms with Crippen molar-refractivity contribution in [1.29, 1.82) is 0 Å². The molecule has 1 aliphatic rings. The summed E-state index contributed by atoms with van der Waals surface area (Å²) in [4.78, 5) is 29.3. The molecule has 0 bridgehead atoms. The van der Waals surface area contributed by atoms with Crippen LogP contribution < -0.4 is 19.1 Å². The summed E-state index contributed by atoms with van der Waals surface area (Å²) in [7, 11) is -3.67. The van der Waals surface area contributed by atoms with Gasteiger partial charge in [0.05, 0.1) is 11.9 Å². The second-order valence-electron chi connectivity index (χ2n) is 10.9. The van der Waals surface area contributed by atoms with Gasteiger partial charge in [0.25, 0.3) is 0 Å². The Morgan fingerprint density at radius 1 is 0.977 bits per heavy atom. The molecule has 44 heavy (non-hydrogen) atoms. The fraction of sp³-hybridized carbons (Fsp3) is 0.394. The number of nitrogens with zero attached hydrogens (tertiary/aromatic N) is 2. The van der Waals surface area contributed by atoms with Crippen molar-refractivity contribution in [3.05, 3.63) is 88.9 Å². The van der Waals surface area contributed by atoms with E-state index in [0.29, 0.717) is 47.4 Å². The van der Waals surface area contributed by atoms with Crippen LogP contribution in [-0.2, 0) is 32.6 Å². The van der Waals surface area contributed by atoms with Crippen molar-refractivity contribution >= 4 is 39.1 Å². The molecule has 1 heterocycles. The average Bonchev–Trinajstić information content (AvgIpc) is 3.01. The van der Waals surface area contributed by atoms with Crippen LogP contribution in [0.2, 0.25) is 5.02 Å². The number of hydrogen-bond donors (Lipinski definition) is 1. The maximum Gasteiger partial charge on any atom is 0.243 e. The smallest absolute Gasteiger partial charge is 0.243 e. The van der Waals surface area contributed by atoms with E-state index in [9.17, 15) is 18.0 Å². The van der Waals surface area contributed by atoms with Crippen LogP contribution in [0.25, 0.3) is 0 Å². The van der Waals surface area contributed by atoms with Crippen molar-refractivity contribution in [1.82, 2.24) is 10.2 Å². The van der Waals surface area contributed by atoms with E-state index in [0.717, 1.165) is 18.2 Å². The maximum atomic E-state index is 14.0. The number of sulfonamides is 1. The molecule has 0 radical (unpaired) electrons. The Balaban J connectivity index is 1.59. The summed E-state index contributed by atoms with van der Waals surface area (Å²) in [5, 5.41) is 3.54. The number of halogens is 1. The lowest BCUT2D eigenvalue weighted by molar-refractivity contribution is -0.141. The maximum absolute atomic E-state index is 14.0. The van der Waals surface area contributed by atoms with Crippen molar-refractivity contribution in [2.24, 2.45) is 0 Å². The number of anilines is 1. The minimum Gasteiger partial charge on any atom is -0.486 e. The first-order valence-electron chi connectivity index (χ1n) is 14.8. The van der Waals surface area contributed by atoms with E-state index in [2.05, 4.69) is 5.32 Å². The van der Waals surface area contributed by atoms with Gasteiger partial charge in [-0.1, -0.05) is 67.1 Å². The van der Waals surface area contributed by atoms with Crippen molar-refractivity contribution < 1.29 is 27.5 Å². The SMILES string of the molecule is CCC(C)NC(=O)C(Cc1ccccc1)N(Cc1ccccc1Cl)C(=O)CCCN(c1ccc2c(c1)OCCO2)S(C)(=O)=O. The highest BCUT2D eigenvalue weighted by molar-refractivity contribution is 7.92. The Kier molecular flexibility index (Phi) is 11.5. The molecule has 4 rings (SSSR count). The van der Waals surface area contributed by atoms with E-state index in [1.165, 1.54) is 4.31 Å². The molecule has 9 nitrogen and oxygen atoms in total. The van der Waals surface area contributed by atoms with Crippen LogP contribution in [0, 0.1) is 0 Å². The van der Waals surface area contributed by atoms with Crippen LogP contribution >= 0.6 is 11.6 Å². The van der Waals surface area contributed by atoms with Crippen molar-refractivity contribution in [3.63, 3.8) is 0 Å². The van der Waals surface area contributed by atoms with Gasteiger partial charge in [-0.15, -0.1) is 0 Å². The van der Waals surface area contributed by atoms with Crippen LogP contribution in [0.5, 0.6) is 11.5 Å². The number of nitrogens with one attached hydrogen (secondary N) is 1. The third-order valence-corrected chi connectivity index (χ3v) is 9.10. The lowest BCUT2D eigenvalue weighted by Crippen LogP contribution is -2.52. The van der Waals surface area contributed by atoms with Gasteiger partial charge in [0.1, 0.15) is 19.3 Å². The highest BCUT2D eigenvalue weighted by atomic mass is 35.5. The number of hydrogen-bond acceptors (Lipinski definition) is 6. The molecule has 0 aliphatic carbocycles. The van der Waals surface area contributed by atoms with Crippen molar-refractivity contribution in [3.8, 4) is 11.5 Å². The zero-order valence-electron chi connectivity index (χ0n) is 25.4. The molecule has 11 heteroatoms. The van der Waals surface area contributed by atoms with Gasteiger partial charge in [0.2, 0.25) is 21.8 Å². The molecule has 3 aromatic rings. The highest BCUT2D eigenvalue weighted by Crippen LogP contribution is 2.35. The van der Waals surface area contributed by atoms with Crippen molar-refractivity contribution in [2.75, 3.05) is 30.3 Å². The highest BCUT2D eigenvalue weighted by Gasteiger charge is 2.31. The van der Waals surface area contributed by atoms with E-state index >= 15 is 0 Å². The standard InChI is InChI=1S/C33H40ClN3O6S/c1-4-24(2)35-33(39)29(21-25-11-6-5-7-12-25)36(23-26-13-8-9-14-28(26)34)32(38)15-10-18-37(44(3,40)41)27-16-17-30-31(22-27)43-20-19-42-30/h5-9,11-14,16-17,22,24,29H,4,10,15,18-21,23H2,1-3H3,(H,35,39). The molecule has 0 saturated carbocycles. The first-order chi connectivity index (χ1) is 21.1. The number of fused-ring (bicyclic) bond motifs is 1. The number of ether oxygens (including phenoxy) is 2. The van der Waals surface area contributed by atoms with E-state index in [1.807, 2.05) is 62.4 Å². The van der Waals surface area contributed by atoms with Gasteiger partial charge in [0, 0.05) is 43.1 Å². The van der Waals surface area contributed by atoms with Gasteiger partial charge in [-0.25, -0.2) is 8.42 Å². The van der Waals surface area contributed by atoms with Crippen LogP contribution in [-0.4, -0.2) is 63.2 Å². The summed E-state index contributed by atoms with van der Waals surface area (Å²) >= 11 is 6.51. The summed E-state index contributed by atoms with van der Waals surface area (Å²) in [5.74, 6) is 0.498. The lowest BCUT2D eigenvalue weighted by Gasteiger charge is -2.33. The quantitative estimate of drug-likeness (QED) is 0.259. The topological polar surface area (TPSA) is 105 Å². The monoisotopic (exact) mass is 641 g/mol. The van der Waals surface area contributed by atoms with Crippen molar-refractivity contribution in [2.45, 2.75) is 58.2 Å². The second-order valence-corrected chi connectivity index (χ2v) is 13.2. The summed E-state index contributed by atoms with van der Waals surface area (Å²) < 4.78 is 38.1. The van der Waals surface area contributed by atoms with Gasteiger partial charge < -0.3 is 19.7 Å². The third kappa shape index (κ3) is 8.89. The molecular formula is C33H40ClN3O6S. The fourth-order valence-corrected chi connectivity index (χ4v) is 6.15. The molecule has 2 amide bonds. The number of amides is 2. The minimum absolute atomic E-state index is 0.0168. The van der Waals surface area contributed by atoms with E-state index in [-0.39, 0.29) is 43.8 Å². The zero-order valence-corrected chi connectivity index (χ0v) is 26.9. The summed E-state index contributed by atoms with van der Waals surface area (Å²) in [6, 6.07) is 20.9. The predicted octanol–water partition coefficient (Wildman–Crippen LogP) is 5.21. The summed E-state index contributed by atoms with van der Waals surface area (Å²) in [6.45, 7) is 4.90. The second kappa shape index (κ2) is 15.3.